The minimum atomic E-state index is 0.300. The van der Waals surface area contributed by atoms with Crippen LogP contribution >= 0.6 is 12.2 Å². The van der Waals surface area contributed by atoms with E-state index in [2.05, 4.69) is 43.6 Å². The highest BCUT2D eigenvalue weighted by Gasteiger charge is 2.41. The third-order valence-electron chi connectivity index (χ3n) is 3.57. The monoisotopic (exact) mass is 256 g/mol. The summed E-state index contributed by atoms with van der Waals surface area (Å²) in [5.74, 6) is 0. The Hall–Kier alpha value is -0.350. The average molecular weight is 256 g/mol. The summed E-state index contributed by atoms with van der Waals surface area (Å²) in [6, 6.07) is 1.15. The highest BCUT2D eigenvalue weighted by molar-refractivity contribution is 7.80. The molecule has 0 amide bonds. The van der Waals surface area contributed by atoms with E-state index >= 15 is 0 Å². The summed E-state index contributed by atoms with van der Waals surface area (Å²) in [4.78, 5) is 0. The highest BCUT2D eigenvalue weighted by Crippen LogP contribution is 2.22. The van der Waals surface area contributed by atoms with E-state index in [1.165, 1.54) is 25.7 Å². The molecule has 4 heteroatoms. The average Bonchev–Trinajstić information content (AvgIpc) is 2.80. The zero-order chi connectivity index (χ0) is 12.7. The molecule has 0 unspecified atom stereocenters. The molecule has 1 heterocycles. The van der Waals surface area contributed by atoms with E-state index in [0.29, 0.717) is 23.2 Å². The van der Waals surface area contributed by atoms with Gasteiger partial charge in [-0.15, -0.1) is 0 Å². The lowest BCUT2D eigenvalue weighted by Crippen LogP contribution is -3.06. The summed E-state index contributed by atoms with van der Waals surface area (Å²) in [6.45, 7) is 9.28. The Labute approximate surface area is 110 Å². The van der Waals surface area contributed by atoms with Gasteiger partial charge in [0.05, 0.1) is 11.1 Å². The first-order valence-corrected chi connectivity index (χ1v) is 7.11. The zero-order valence-corrected chi connectivity index (χ0v) is 12.3. The van der Waals surface area contributed by atoms with Crippen LogP contribution in [0, 0.1) is 0 Å². The standard InChI is InChI=1S/C13H25N3S/c1-12(2)7-10(8-13(3,4)16-12)15-11(17)14-9-5-6-9/h9-10,16H,5-8H2,1-4H3,(H2,14,15,17)/p+1. The van der Waals surface area contributed by atoms with E-state index in [1.54, 1.807) is 0 Å². The molecule has 2 fully saturated rings. The minimum Gasteiger partial charge on any atom is -0.360 e. The zero-order valence-electron chi connectivity index (χ0n) is 11.5. The van der Waals surface area contributed by atoms with E-state index < -0.39 is 0 Å². The van der Waals surface area contributed by atoms with E-state index in [4.69, 9.17) is 12.2 Å². The van der Waals surface area contributed by atoms with Crippen LogP contribution < -0.4 is 16.0 Å². The molecule has 3 nitrogen and oxygen atoms in total. The summed E-state index contributed by atoms with van der Waals surface area (Å²) in [6.07, 6.45) is 4.89. The SMILES string of the molecule is CC1(C)CC(NC(=S)NC2CC2)CC(C)(C)[NH2+]1. The maximum atomic E-state index is 5.37. The molecular weight excluding hydrogens is 230 g/mol. The first-order valence-electron chi connectivity index (χ1n) is 6.70. The second kappa shape index (κ2) is 4.39. The molecule has 0 aromatic carbocycles. The molecule has 0 aromatic heterocycles. The normalized spacial score (nSPS) is 27.5. The lowest BCUT2D eigenvalue weighted by atomic mass is 9.80. The maximum absolute atomic E-state index is 5.37. The van der Waals surface area contributed by atoms with Gasteiger partial charge in [0.15, 0.2) is 5.11 Å². The number of hydrogen-bond donors (Lipinski definition) is 3. The van der Waals surface area contributed by atoms with Gasteiger partial charge in [0.25, 0.3) is 0 Å². The van der Waals surface area contributed by atoms with Gasteiger partial charge in [0.2, 0.25) is 0 Å². The van der Waals surface area contributed by atoms with Gasteiger partial charge < -0.3 is 16.0 Å². The predicted molar refractivity (Wildman–Crippen MR) is 75.0 cm³/mol. The molecule has 0 aromatic rings. The largest absolute Gasteiger partial charge is 0.360 e. The van der Waals surface area contributed by atoms with E-state index in [9.17, 15) is 0 Å². The van der Waals surface area contributed by atoms with Crippen LogP contribution in [0.15, 0.2) is 0 Å². The lowest BCUT2D eigenvalue weighted by Gasteiger charge is -2.43. The number of nitrogens with one attached hydrogen (secondary N) is 2. The molecule has 17 heavy (non-hydrogen) atoms. The topological polar surface area (TPSA) is 40.7 Å². The highest BCUT2D eigenvalue weighted by atomic mass is 32.1. The summed E-state index contributed by atoms with van der Waals surface area (Å²) in [7, 11) is 0. The lowest BCUT2D eigenvalue weighted by molar-refractivity contribution is -0.787. The fourth-order valence-electron chi connectivity index (χ4n) is 3.26. The number of rotatable bonds is 2. The summed E-state index contributed by atoms with van der Waals surface area (Å²) in [5.41, 5.74) is 0.600. The first kappa shape index (κ1) is 13.1. The van der Waals surface area contributed by atoms with E-state index in [0.717, 1.165) is 5.11 Å². The molecule has 0 spiro atoms. The molecular formula is C13H26N3S+. The number of thiocarbonyl (C=S) groups is 1. The quantitative estimate of drug-likeness (QED) is 0.643. The second-order valence-electron chi connectivity index (χ2n) is 7.12. The van der Waals surface area contributed by atoms with E-state index in [1.807, 2.05) is 0 Å². The molecule has 2 rings (SSSR count). The van der Waals surface area contributed by atoms with Gasteiger partial charge >= 0.3 is 0 Å². The van der Waals surface area contributed by atoms with Gasteiger partial charge in [-0.25, -0.2) is 0 Å². The van der Waals surface area contributed by atoms with Crippen molar-refractivity contribution in [2.45, 2.75) is 76.5 Å². The Bertz CT molecular complexity index is 292. The van der Waals surface area contributed by atoms with Gasteiger partial charge in [-0.05, 0) is 52.8 Å². The van der Waals surface area contributed by atoms with Crippen molar-refractivity contribution in [3.8, 4) is 0 Å². The molecule has 1 aliphatic heterocycles. The van der Waals surface area contributed by atoms with Crippen LogP contribution in [0.25, 0.3) is 0 Å². The van der Waals surface area contributed by atoms with Gasteiger partial charge in [-0.3, -0.25) is 0 Å². The smallest absolute Gasteiger partial charge is 0.166 e. The molecule has 1 saturated heterocycles. The molecule has 1 aliphatic carbocycles. The fourth-order valence-corrected chi connectivity index (χ4v) is 3.59. The fraction of sp³-hybridized carbons (Fsp3) is 0.923. The van der Waals surface area contributed by atoms with Crippen LogP contribution in [0.2, 0.25) is 0 Å². The molecule has 0 radical (unpaired) electrons. The molecule has 0 atom stereocenters. The molecule has 0 bridgehead atoms. The predicted octanol–water partition coefficient (Wildman–Crippen LogP) is 0.896. The number of piperidine rings is 1. The van der Waals surface area contributed by atoms with Crippen molar-refractivity contribution < 1.29 is 5.32 Å². The van der Waals surface area contributed by atoms with Gasteiger partial charge in [-0.1, -0.05) is 0 Å². The summed E-state index contributed by atoms with van der Waals surface area (Å²) < 4.78 is 0. The Morgan fingerprint density at radius 1 is 1.00 bits per heavy atom. The van der Waals surface area contributed by atoms with Crippen molar-refractivity contribution >= 4 is 17.3 Å². The first-order chi connectivity index (χ1) is 7.76. The molecule has 98 valence electrons. The van der Waals surface area contributed by atoms with E-state index in [-0.39, 0.29) is 0 Å². The Balaban J connectivity index is 1.88. The summed E-state index contributed by atoms with van der Waals surface area (Å²) >= 11 is 5.37. The van der Waals surface area contributed by atoms with Crippen molar-refractivity contribution in [3.63, 3.8) is 0 Å². The van der Waals surface area contributed by atoms with Crippen molar-refractivity contribution in [2.24, 2.45) is 0 Å². The van der Waals surface area contributed by atoms with Gasteiger partial charge in [0, 0.05) is 24.9 Å². The minimum absolute atomic E-state index is 0.300. The van der Waals surface area contributed by atoms with Crippen LogP contribution in [0.3, 0.4) is 0 Å². The molecule has 2 aliphatic rings. The third-order valence-corrected chi connectivity index (χ3v) is 3.81. The summed E-state index contributed by atoms with van der Waals surface area (Å²) in [5, 5.41) is 10.2. The number of quaternary nitrogens is 1. The van der Waals surface area contributed by atoms with Crippen LogP contribution in [0.4, 0.5) is 0 Å². The van der Waals surface area contributed by atoms with Crippen molar-refractivity contribution in [1.82, 2.24) is 10.6 Å². The Morgan fingerprint density at radius 2 is 1.47 bits per heavy atom. The van der Waals surface area contributed by atoms with Gasteiger partial charge in [0.1, 0.15) is 0 Å². The second-order valence-corrected chi connectivity index (χ2v) is 7.53. The van der Waals surface area contributed by atoms with Crippen LogP contribution in [0.1, 0.15) is 53.4 Å². The molecule has 1 saturated carbocycles. The molecule has 4 N–H and O–H groups in total. The number of hydrogen-bond acceptors (Lipinski definition) is 1. The van der Waals surface area contributed by atoms with Crippen molar-refractivity contribution in [3.05, 3.63) is 0 Å². The van der Waals surface area contributed by atoms with Crippen LogP contribution in [-0.4, -0.2) is 28.3 Å². The maximum Gasteiger partial charge on any atom is 0.166 e. The van der Waals surface area contributed by atoms with Gasteiger partial charge in [-0.2, -0.15) is 0 Å². The Morgan fingerprint density at radius 3 is 1.94 bits per heavy atom. The van der Waals surface area contributed by atoms with Crippen LogP contribution in [-0.2, 0) is 0 Å². The van der Waals surface area contributed by atoms with Crippen molar-refractivity contribution in [2.75, 3.05) is 0 Å². The van der Waals surface area contributed by atoms with Crippen LogP contribution in [0.5, 0.6) is 0 Å². The Kier molecular flexibility index (Phi) is 3.38. The number of nitrogens with two attached hydrogens (primary N) is 1. The third kappa shape index (κ3) is 4.11. The van der Waals surface area contributed by atoms with Crippen molar-refractivity contribution in [1.29, 1.82) is 0 Å².